The summed E-state index contributed by atoms with van der Waals surface area (Å²) >= 11 is 0. The first-order valence-corrected chi connectivity index (χ1v) is 31.0. The summed E-state index contributed by atoms with van der Waals surface area (Å²) in [7, 11) is 0. The zero-order valence-corrected chi connectivity index (χ0v) is 49.6. The van der Waals surface area contributed by atoms with Gasteiger partial charge in [-0.05, 0) is 135 Å². The third kappa shape index (κ3) is 8.03. The molecule has 5 aromatic heterocycles. The van der Waals surface area contributed by atoms with Crippen LogP contribution < -0.4 is 0 Å². The van der Waals surface area contributed by atoms with Crippen molar-refractivity contribution in [1.82, 2.24) is 23.3 Å². The highest BCUT2D eigenvalue weighted by Crippen LogP contribution is 2.50. The summed E-state index contributed by atoms with van der Waals surface area (Å²) in [5.41, 5.74) is 20.3. The van der Waals surface area contributed by atoms with E-state index in [1.165, 1.54) is 0 Å². The van der Waals surface area contributed by atoms with Crippen LogP contribution in [0, 0.1) is 22.7 Å². The van der Waals surface area contributed by atoms with Crippen molar-refractivity contribution in [3.05, 3.63) is 321 Å². The zero-order chi connectivity index (χ0) is 61.0. The minimum Gasteiger partial charge on any atom is -0.305 e. The average molecular weight is 1170 g/mol. The molecular weight excluding hydrogens is 1120 g/mol. The topological polar surface area (TPSA) is 80.2 Å². The van der Waals surface area contributed by atoms with Gasteiger partial charge in [0, 0.05) is 48.7 Å². The molecule has 13 aromatic carbocycles. The number of para-hydroxylation sites is 4. The summed E-state index contributed by atoms with van der Waals surface area (Å²) in [5, 5.41) is 30.7. The van der Waals surface area contributed by atoms with E-state index in [-0.39, 0.29) is 11.1 Å². The predicted octanol–water partition coefficient (Wildman–Crippen LogP) is 21.5. The van der Waals surface area contributed by atoms with Crippen LogP contribution in [-0.4, -0.2) is 23.3 Å². The van der Waals surface area contributed by atoms with E-state index in [1.807, 2.05) is 18.2 Å². The monoisotopic (exact) mass is 1170 g/mol. The van der Waals surface area contributed by atoms with Gasteiger partial charge in [-0.3, -0.25) is 9.13 Å². The van der Waals surface area contributed by atoms with Gasteiger partial charge in [-0.15, -0.1) is 0 Å². The van der Waals surface area contributed by atoms with E-state index < -0.39 is 0 Å². The number of pyridine rings is 1. The number of nitrogens with zero attached hydrogens (tertiary/aromatic N) is 7. The number of nitriles is 2. The summed E-state index contributed by atoms with van der Waals surface area (Å²) in [6, 6.07) is 115. The van der Waals surface area contributed by atoms with Gasteiger partial charge >= 0.3 is 0 Å². The average Bonchev–Trinajstić information content (AvgIpc) is 1.47. The van der Waals surface area contributed by atoms with E-state index in [4.69, 9.17) is 4.98 Å². The standard InChI is InChI=1S/C85H51N7/c86-52-63-38-37-62(47-64(63)53-87)81-82(89-73-33-17-13-29-65(73)69-48-58(39-43-77(69)89)54-21-5-1-6-22-54)84(91-75-35-19-15-31-67(75)71-50-60(41-45-79(71)91)56-25-9-3-10-26-56)88-85(92-76-36-20-16-32-68(76)72-51-61(42-46-80(72)92)57-27-11-4-12-28-57)83(81)90-74-34-18-14-30-66(74)70-49-59(40-44-78(70)90)55-23-7-2-8-24-55/h1-51H. The summed E-state index contributed by atoms with van der Waals surface area (Å²) in [4.78, 5) is 6.52. The molecule has 0 aliphatic carbocycles. The fraction of sp³-hybridized carbons (Fsp3) is 0. The summed E-state index contributed by atoms with van der Waals surface area (Å²) < 4.78 is 9.59. The molecule has 18 aromatic rings. The minimum absolute atomic E-state index is 0.266. The normalized spacial score (nSPS) is 11.7. The minimum atomic E-state index is 0.266. The molecule has 0 radical (unpaired) electrons. The number of benzene rings is 13. The molecule has 0 saturated carbocycles. The fourth-order valence-corrected chi connectivity index (χ4v) is 14.5. The largest absolute Gasteiger partial charge is 0.305 e. The Morgan fingerprint density at radius 1 is 0.217 bits per heavy atom. The van der Waals surface area contributed by atoms with Crippen LogP contribution in [0.5, 0.6) is 0 Å². The molecule has 426 valence electrons. The molecule has 0 N–H and O–H groups in total. The van der Waals surface area contributed by atoms with Crippen LogP contribution in [-0.2, 0) is 0 Å². The lowest BCUT2D eigenvalue weighted by molar-refractivity contribution is 0.961. The van der Waals surface area contributed by atoms with Gasteiger partial charge in [0.15, 0.2) is 11.6 Å². The Kier molecular flexibility index (Phi) is 11.9. The number of rotatable bonds is 9. The Labute approximate surface area is 529 Å². The van der Waals surface area contributed by atoms with Crippen molar-refractivity contribution in [2.24, 2.45) is 0 Å². The maximum Gasteiger partial charge on any atom is 0.165 e. The second-order valence-electron chi connectivity index (χ2n) is 23.6. The number of hydrogen-bond donors (Lipinski definition) is 0. The van der Waals surface area contributed by atoms with Gasteiger partial charge < -0.3 is 9.13 Å². The van der Waals surface area contributed by atoms with E-state index in [9.17, 15) is 10.5 Å². The summed E-state index contributed by atoms with van der Waals surface area (Å²) in [6.45, 7) is 0. The van der Waals surface area contributed by atoms with E-state index in [0.29, 0.717) is 11.6 Å². The molecular formula is C85H51N7. The van der Waals surface area contributed by atoms with Crippen LogP contribution in [0.4, 0.5) is 0 Å². The highest BCUT2D eigenvalue weighted by molar-refractivity contribution is 6.17. The Hall–Kier alpha value is -12.8. The maximum absolute atomic E-state index is 11.3. The molecule has 0 spiro atoms. The zero-order valence-electron chi connectivity index (χ0n) is 49.6. The van der Waals surface area contributed by atoms with Crippen LogP contribution in [0.25, 0.3) is 166 Å². The quantitative estimate of drug-likeness (QED) is 0.144. The van der Waals surface area contributed by atoms with Crippen LogP contribution >= 0.6 is 0 Å². The maximum atomic E-state index is 11.3. The van der Waals surface area contributed by atoms with Crippen LogP contribution in [0.3, 0.4) is 0 Å². The van der Waals surface area contributed by atoms with Crippen LogP contribution in [0.2, 0.25) is 0 Å². The Bertz CT molecular complexity index is 5800. The molecule has 7 heteroatoms. The van der Waals surface area contributed by atoms with Crippen molar-refractivity contribution >= 4 is 87.2 Å². The Morgan fingerprint density at radius 2 is 0.489 bits per heavy atom. The van der Waals surface area contributed by atoms with Gasteiger partial charge in [-0.2, -0.15) is 10.5 Å². The molecule has 0 amide bonds. The third-order valence-corrected chi connectivity index (χ3v) is 18.6. The number of aromatic nitrogens is 5. The Balaban J connectivity index is 1.10. The molecule has 0 bridgehead atoms. The number of hydrogen-bond acceptors (Lipinski definition) is 3. The van der Waals surface area contributed by atoms with Gasteiger partial charge in [-0.1, -0.05) is 224 Å². The van der Waals surface area contributed by atoms with Crippen molar-refractivity contribution in [3.63, 3.8) is 0 Å². The molecule has 92 heavy (non-hydrogen) atoms. The van der Waals surface area contributed by atoms with Crippen LogP contribution in [0.15, 0.2) is 309 Å². The lowest BCUT2D eigenvalue weighted by Crippen LogP contribution is -2.16. The molecule has 0 aliphatic heterocycles. The molecule has 0 atom stereocenters. The van der Waals surface area contributed by atoms with Crippen molar-refractivity contribution in [2.45, 2.75) is 0 Å². The van der Waals surface area contributed by atoms with Gasteiger partial charge in [0.25, 0.3) is 0 Å². The molecule has 5 heterocycles. The molecule has 0 saturated heterocycles. The first kappa shape index (κ1) is 52.3. The summed E-state index contributed by atoms with van der Waals surface area (Å²) in [6.07, 6.45) is 0. The third-order valence-electron chi connectivity index (χ3n) is 18.6. The van der Waals surface area contributed by atoms with E-state index in [2.05, 4.69) is 322 Å². The smallest absolute Gasteiger partial charge is 0.165 e. The predicted molar refractivity (Wildman–Crippen MR) is 378 cm³/mol. The van der Waals surface area contributed by atoms with E-state index in [0.717, 1.165) is 154 Å². The summed E-state index contributed by atoms with van der Waals surface area (Å²) in [5.74, 6) is 1.32. The first-order valence-electron chi connectivity index (χ1n) is 31.0. The molecule has 0 fully saturated rings. The van der Waals surface area contributed by atoms with Gasteiger partial charge in [0.1, 0.15) is 23.5 Å². The van der Waals surface area contributed by atoms with Gasteiger partial charge in [0.05, 0.1) is 55.3 Å². The lowest BCUT2D eigenvalue weighted by Gasteiger charge is -2.27. The molecule has 18 rings (SSSR count). The van der Waals surface area contributed by atoms with Crippen molar-refractivity contribution in [2.75, 3.05) is 0 Å². The first-order chi connectivity index (χ1) is 45.6. The van der Waals surface area contributed by atoms with Gasteiger partial charge in [0.2, 0.25) is 0 Å². The van der Waals surface area contributed by atoms with Crippen molar-refractivity contribution < 1.29 is 0 Å². The van der Waals surface area contributed by atoms with Gasteiger partial charge in [-0.25, -0.2) is 4.98 Å². The Morgan fingerprint density at radius 3 is 0.815 bits per heavy atom. The van der Waals surface area contributed by atoms with Crippen molar-refractivity contribution in [3.8, 4) is 90.8 Å². The fourth-order valence-electron chi connectivity index (χ4n) is 14.5. The van der Waals surface area contributed by atoms with E-state index >= 15 is 0 Å². The molecule has 7 nitrogen and oxygen atoms in total. The van der Waals surface area contributed by atoms with Crippen LogP contribution in [0.1, 0.15) is 11.1 Å². The second kappa shape index (κ2) is 20.9. The molecule has 0 aliphatic rings. The SMILES string of the molecule is N#Cc1ccc(-c2c(-n3c4ccccc4c4cc(-c5ccccc5)ccc43)c(-n3c4ccccc4c4cc(-c5ccccc5)ccc43)nc(-n3c4ccccc4c4cc(-c5ccccc5)ccc43)c2-n2c3ccccc3c3cc(-c4ccccc4)ccc32)cc1C#N. The highest BCUT2D eigenvalue weighted by Gasteiger charge is 2.33. The second-order valence-corrected chi connectivity index (χ2v) is 23.6. The highest BCUT2D eigenvalue weighted by atomic mass is 15.2. The number of fused-ring (bicyclic) bond motifs is 12. The molecule has 0 unspecified atom stereocenters. The lowest BCUT2D eigenvalue weighted by atomic mass is 9.96. The van der Waals surface area contributed by atoms with E-state index in [1.54, 1.807) is 0 Å². The van der Waals surface area contributed by atoms with Crippen molar-refractivity contribution in [1.29, 1.82) is 10.5 Å².